The van der Waals surface area contributed by atoms with E-state index in [0.29, 0.717) is 31.1 Å². The van der Waals surface area contributed by atoms with Gasteiger partial charge in [-0.05, 0) is 43.9 Å². The maximum Gasteiger partial charge on any atom is 0.321 e. The third-order valence-corrected chi connectivity index (χ3v) is 5.38. The van der Waals surface area contributed by atoms with E-state index in [1.54, 1.807) is 25.3 Å². The molecular weight excluding hydrogens is 354 g/mol. The molecule has 142 valence electrons. The normalized spacial score (nSPS) is 21.0. The molecule has 0 spiro atoms. The maximum absolute atomic E-state index is 12.7. The Hall–Kier alpha value is -1.79. The molecule has 2 saturated heterocycles. The second-order valence-corrected chi connectivity index (χ2v) is 7.36. The molecule has 1 aromatic rings. The highest BCUT2D eigenvalue weighted by Crippen LogP contribution is 2.24. The van der Waals surface area contributed by atoms with Crippen molar-refractivity contribution in [2.75, 3.05) is 32.1 Å². The molecule has 2 heterocycles. The van der Waals surface area contributed by atoms with Crippen molar-refractivity contribution in [3.63, 3.8) is 0 Å². The van der Waals surface area contributed by atoms with Crippen LogP contribution < -0.4 is 5.32 Å². The number of urea groups is 1. The molecule has 3 rings (SSSR count). The van der Waals surface area contributed by atoms with E-state index in [-0.39, 0.29) is 18.0 Å². The number of carbonyl (C=O) groups is 2. The van der Waals surface area contributed by atoms with E-state index in [9.17, 15) is 9.59 Å². The van der Waals surface area contributed by atoms with E-state index in [1.807, 2.05) is 9.80 Å². The van der Waals surface area contributed by atoms with Crippen LogP contribution in [0.15, 0.2) is 18.2 Å². The van der Waals surface area contributed by atoms with Crippen LogP contribution in [0.3, 0.4) is 0 Å². The number of hydrogen-bond acceptors (Lipinski definition) is 3. The lowest BCUT2D eigenvalue weighted by molar-refractivity contribution is -0.129. The zero-order chi connectivity index (χ0) is 18.5. The zero-order valence-electron chi connectivity index (χ0n) is 15.2. The van der Waals surface area contributed by atoms with Crippen LogP contribution in [0.25, 0.3) is 0 Å². The van der Waals surface area contributed by atoms with Crippen molar-refractivity contribution >= 4 is 29.2 Å². The molecule has 0 radical (unpaired) electrons. The van der Waals surface area contributed by atoms with Crippen LogP contribution in [-0.4, -0.2) is 54.5 Å². The lowest BCUT2D eigenvalue weighted by Crippen LogP contribution is -2.39. The van der Waals surface area contributed by atoms with Crippen molar-refractivity contribution < 1.29 is 14.3 Å². The van der Waals surface area contributed by atoms with Gasteiger partial charge in [-0.1, -0.05) is 11.6 Å². The zero-order valence-corrected chi connectivity index (χ0v) is 15.9. The number of nitrogens with one attached hydrogen (secondary N) is 1. The van der Waals surface area contributed by atoms with Gasteiger partial charge >= 0.3 is 6.03 Å². The summed E-state index contributed by atoms with van der Waals surface area (Å²) < 4.78 is 5.19. The fourth-order valence-corrected chi connectivity index (χ4v) is 4.00. The first kappa shape index (κ1) is 19.0. The topological polar surface area (TPSA) is 61.9 Å². The number of likely N-dealkylation sites (tertiary alicyclic amines) is 2. The number of rotatable bonds is 4. The van der Waals surface area contributed by atoms with Crippen LogP contribution >= 0.6 is 11.6 Å². The second-order valence-electron chi connectivity index (χ2n) is 6.93. The Kier molecular flexibility index (Phi) is 6.38. The molecule has 6 nitrogen and oxygen atoms in total. The van der Waals surface area contributed by atoms with E-state index in [4.69, 9.17) is 16.3 Å². The molecule has 3 amide bonds. The summed E-state index contributed by atoms with van der Waals surface area (Å²) in [5.74, 6) is 0.262. The molecule has 2 aliphatic rings. The van der Waals surface area contributed by atoms with Crippen molar-refractivity contribution in [2.45, 2.75) is 44.8 Å². The van der Waals surface area contributed by atoms with Crippen LogP contribution in [0, 0.1) is 0 Å². The van der Waals surface area contributed by atoms with Gasteiger partial charge in [0.2, 0.25) is 5.91 Å². The van der Waals surface area contributed by atoms with Crippen LogP contribution in [0.2, 0.25) is 5.02 Å². The quantitative estimate of drug-likeness (QED) is 0.870. The van der Waals surface area contributed by atoms with Crippen LogP contribution in [0.4, 0.5) is 10.5 Å². The van der Waals surface area contributed by atoms with Gasteiger partial charge in [-0.2, -0.15) is 0 Å². The lowest BCUT2D eigenvalue weighted by atomic mass is 10.1. The van der Waals surface area contributed by atoms with Crippen molar-refractivity contribution in [2.24, 2.45) is 0 Å². The first-order valence-corrected chi connectivity index (χ1v) is 9.59. The molecular formula is C19H26ClN3O3. The highest BCUT2D eigenvalue weighted by molar-refractivity contribution is 6.30. The number of methoxy groups -OCH3 is 1. The monoisotopic (exact) mass is 379 g/mol. The summed E-state index contributed by atoms with van der Waals surface area (Å²) in [6.07, 6.45) is 4.33. The average Bonchev–Trinajstić information content (AvgIpc) is 2.90. The molecule has 0 bridgehead atoms. The average molecular weight is 380 g/mol. The Morgan fingerprint density at radius 2 is 2.12 bits per heavy atom. The number of amides is 3. The Morgan fingerprint density at radius 3 is 2.85 bits per heavy atom. The Bertz CT molecular complexity index is 667. The van der Waals surface area contributed by atoms with E-state index < -0.39 is 0 Å². The molecule has 2 fully saturated rings. The molecule has 1 unspecified atom stereocenters. The van der Waals surface area contributed by atoms with Gasteiger partial charge in [-0.15, -0.1) is 0 Å². The summed E-state index contributed by atoms with van der Waals surface area (Å²) in [7, 11) is 1.61. The first-order chi connectivity index (χ1) is 12.6. The Morgan fingerprint density at radius 1 is 1.27 bits per heavy atom. The van der Waals surface area contributed by atoms with Crippen molar-refractivity contribution in [3.8, 4) is 0 Å². The van der Waals surface area contributed by atoms with Gasteiger partial charge < -0.3 is 19.9 Å². The largest absolute Gasteiger partial charge is 0.380 e. The summed E-state index contributed by atoms with van der Waals surface area (Å²) in [5.41, 5.74) is 1.57. The van der Waals surface area contributed by atoms with Gasteiger partial charge in [-0.25, -0.2) is 4.79 Å². The molecule has 7 heteroatoms. The van der Waals surface area contributed by atoms with Crippen molar-refractivity contribution in [1.29, 1.82) is 0 Å². The number of benzene rings is 1. The minimum atomic E-state index is -0.113. The van der Waals surface area contributed by atoms with E-state index in [2.05, 4.69) is 5.32 Å². The highest BCUT2D eigenvalue weighted by atomic mass is 35.5. The van der Waals surface area contributed by atoms with Gasteiger partial charge in [-0.3, -0.25) is 4.79 Å². The number of hydrogen-bond donors (Lipinski definition) is 1. The third kappa shape index (κ3) is 4.48. The summed E-state index contributed by atoms with van der Waals surface area (Å²) in [5, 5.41) is 3.59. The molecule has 0 aromatic heterocycles. The van der Waals surface area contributed by atoms with Crippen LogP contribution in [-0.2, 0) is 16.1 Å². The summed E-state index contributed by atoms with van der Waals surface area (Å²) in [6, 6.07) is 5.52. The number of ether oxygens (including phenoxy) is 1. The highest BCUT2D eigenvalue weighted by Gasteiger charge is 2.30. The molecule has 1 atom stereocenters. The van der Waals surface area contributed by atoms with Gasteiger partial charge in [0, 0.05) is 55.5 Å². The fourth-order valence-electron chi connectivity index (χ4n) is 3.80. The molecule has 26 heavy (non-hydrogen) atoms. The van der Waals surface area contributed by atoms with E-state index in [0.717, 1.165) is 43.5 Å². The predicted molar refractivity (Wildman–Crippen MR) is 101 cm³/mol. The summed E-state index contributed by atoms with van der Waals surface area (Å²) in [4.78, 5) is 28.5. The number of anilines is 1. The number of carbonyl (C=O) groups excluding carboxylic acids is 2. The predicted octanol–water partition coefficient (Wildman–Crippen LogP) is 3.50. The summed E-state index contributed by atoms with van der Waals surface area (Å²) in [6.45, 7) is 2.61. The molecule has 2 aliphatic heterocycles. The van der Waals surface area contributed by atoms with E-state index in [1.165, 1.54) is 0 Å². The fraction of sp³-hybridized carbons (Fsp3) is 0.579. The van der Waals surface area contributed by atoms with Crippen LogP contribution in [0.1, 0.15) is 37.7 Å². The number of nitrogens with zero attached hydrogens (tertiary/aromatic N) is 2. The molecule has 0 aliphatic carbocycles. The minimum absolute atomic E-state index is 0.113. The van der Waals surface area contributed by atoms with E-state index >= 15 is 0 Å². The SMILES string of the molecule is COCc1cc(Cl)ccc1NC(=O)N1CCCC(N2CCCC2=O)CC1. The molecule has 1 aromatic carbocycles. The lowest BCUT2D eigenvalue weighted by Gasteiger charge is -2.27. The maximum atomic E-state index is 12.7. The second kappa shape index (κ2) is 8.73. The number of halogens is 1. The van der Waals surface area contributed by atoms with Gasteiger partial charge in [0.15, 0.2) is 0 Å². The van der Waals surface area contributed by atoms with Crippen molar-refractivity contribution in [1.82, 2.24) is 9.80 Å². The Labute approximate surface area is 159 Å². The van der Waals surface area contributed by atoms with Gasteiger partial charge in [0.25, 0.3) is 0 Å². The Balaban J connectivity index is 1.61. The standard InChI is InChI=1S/C19H26ClN3O3/c1-26-13-14-12-15(20)6-7-17(14)21-19(25)22-9-2-4-16(8-11-22)23-10-3-5-18(23)24/h6-7,12,16H,2-5,8-11,13H2,1H3,(H,21,25). The van der Waals surface area contributed by atoms with Crippen LogP contribution in [0.5, 0.6) is 0 Å². The molecule has 1 N–H and O–H groups in total. The smallest absolute Gasteiger partial charge is 0.321 e. The van der Waals surface area contributed by atoms with Gasteiger partial charge in [0.1, 0.15) is 0 Å². The third-order valence-electron chi connectivity index (χ3n) is 5.14. The van der Waals surface area contributed by atoms with Gasteiger partial charge in [0.05, 0.1) is 6.61 Å². The van der Waals surface area contributed by atoms with Crippen molar-refractivity contribution in [3.05, 3.63) is 28.8 Å². The first-order valence-electron chi connectivity index (χ1n) is 9.21. The molecule has 0 saturated carbocycles. The summed E-state index contributed by atoms with van der Waals surface area (Å²) >= 11 is 6.04. The minimum Gasteiger partial charge on any atom is -0.380 e.